The van der Waals surface area contributed by atoms with Crippen LogP contribution in [0.2, 0.25) is 5.02 Å². The molecule has 21 heavy (non-hydrogen) atoms. The van der Waals surface area contributed by atoms with Crippen molar-refractivity contribution in [3.05, 3.63) is 28.8 Å². The van der Waals surface area contributed by atoms with Gasteiger partial charge in [0.05, 0.1) is 0 Å². The second-order valence-electron chi connectivity index (χ2n) is 6.49. The molecular weight excluding hydrogens is 282 g/mol. The molecule has 0 amide bonds. The first-order chi connectivity index (χ1) is 10.2. The van der Waals surface area contributed by atoms with Crippen LogP contribution in [-0.2, 0) is 6.54 Å². The average molecular weight is 308 g/mol. The third kappa shape index (κ3) is 3.20. The van der Waals surface area contributed by atoms with E-state index in [1.165, 1.54) is 43.6 Å². The summed E-state index contributed by atoms with van der Waals surface area (Å²) in [7, 11) is 4.29. The van der Waals surface area contributed by atoms with E-state index in [-0.39, 0.29) is 0 Å². The molecule has 2 aliphatic rings. The first kappa shape index (κ1) is 15.1. The molecule has 0 bridgehead atoms. The van der Waals surface area contributed by atoms with E-state index in [0.717, 1.165) is 30.1 Å². The zero-order valence-corrected chi connectivity index (χ0v) is 13.9. The number of nitrogens with one attached hydrogen (secondary N) is 1. The van der Waals surface area contributed by atoms with E-state index in [4.69, 9.17) is 11.6 Å². The molecule has 2 saturated heterocycles. The maximum absolute atomic E-state index is 6.24. The molecule has 1 aromatic carbocycles. The number of likely N-dealkylation sites (tertiary alicyclic amines) is 1. The van der Waals surface area contributed by atoms with Crippen molar-refractivity contribution in [3.8, 4) is 0 Å². The molecule has 0 saturated carbocycles. The SMILES string of the molecule is CNCc1ccc(Cl)cc1N1CCC2C(CCCN2C)C1. The number of anilines is 1. The monoisotopic (exact) mass is 307 g/mol. The summed E-state index contributed by atoms with van der Waals surface area (Å²) in [4.78, 5) is 5.12. The lowest BCUT2D eigenvalue weighted by molar-refractivity contribution is 0.102. The van der Waals surface area contributed by atoms with Gasteiger partial charge in [-0.1, -0.05) is 17.7 Å². The molecule has 2 atom stereocenters. The Kier molecular flexibility index (Phi) is 4.72. The molecule has 3 rings (SSSR count). The number of piperidine rings is 2. The van der Waals surface area contributed by atoms with E-state index in [1.54, 1.807) is 0 Å². The Morgan fingerprint density at radius 1 is 1.29 bits per heavy atom. The Morgan fingerprint density at radius 3 is 2.95 bits per heavy atom. The standard InChI is InChI=1S/C17H26ClN3/c1-19-11-13-5-6-15(18)10-17(13)21-9-7-16-14(12-21)4-3-8-20(16)2/h5-6,10,14,16,19H,3-4,7-9,11-12H2,1-2H3. The van der Waals surface area contributed by atoms with Gasteiger partial charge in [-0.2, -0.15) is 0 Å². The van der Waals surface area contributed by atoms with Crippen molar-refractivity contribution in [3.63, 3.8) is 0 Å². The fraction of sp³-hybridized carbons (Fsp3) is 0.647. The van der Waals surface area contributed by atoms with Gasteiger partial charge in [-0.3, -0.25) is 0 Å². The van der Waals surface area contributed by atoms with Crippen LogP contribution in [0, 0.1) is 5.92 Å². The number of hydrogen-bond acceptors (Lipinski definition) is 3. The molecule has 3 nitrogen and oxygen atoms in total. The van der Waals surface area contributed by atoms with E-state index < -0.39 is 0 Å². The van der Waals surface area contributed by atoms with Gasteiger partial charge in [-0.05, 0) is 63.5 Å². The molecule has 2 heterocycles. The maximum atomic E-state index is 6.24. The lowest BCUT2D eigenvalue weighted by atomic mass is 9.84. The van der Waals surface area contributed by atoms with Crippen LogP contribution in [0.5, 0.6) is 0 Å². The topological polar surface area (TPSA) is 18.5 Å². The van der Waals surface area contributed by atoms with E-state index in [2.05, 4.69) is 34.3 Å². The summed E-state index contributed by atoms with van der Waals surface area (Å²) in [5.74, 6) is 0.805. The predicted molar refractivity (Wildman–Crippen MR) is 90.2 cm³/mol. The molecule has 1 aromatic rings. The van der Waals surface area contributed by atoms with Crippen molar-refractivity contribution in [2.24, 2.45) is 5.92 Å². The average Bonchev–Trinajstić information content (AvgIpc) is 2.49. The highest BCUT2D eigenvalue weighted by atomic mass is 35.5. The minimum Gasteiger partial charge on any atom is -0.371 e. The molecule has 116 valence electrons. The summed E-state index contributed by atoms with van der Waals surface area (Å²) in [5.41, 5.74) is 2.67. The highest BCUT2D eigenvalue weighted by Crippen LogP contribution is 2.34. The van der Waals surface area contributed by atoms with E-state index in [0.29, 0.717) is 0 Å². The van der Waals surface area contributed by atoms with Gasteiger partial charge in [0, 0.05) is 36.4 Å². The van der Waals surface area contributed by atoms with Crippen LogP contribution in [0.1, 0.15) is 24.8 Å². The first-order valence-corrected chi connectivity index (χ1v) is 8.45. The zero-order valence-electron chi connectivity index (χ0n) is 13.1. The largest absolute Gasteiger partial charge is 0.371 e. The van der Waals surface area contributed by atoms with Crippen molar-refractivity contribution >= 4 is 17.3 Å². The van der Waals surface area contributed by atoms with Gasteiger partial charge in [0.25, 0.3) is 0 Å². The summed E-state index contributed by atoms with van der Waals surface area (Å²) in [6.07, 6.45) is 3.98. The van der Waals surface area contributed by atoms with Crippen molar-refractivity contribution in [2.75, 3.05) is 38.6 Å². The summed E-state index contributed by atoms with van der Waals surface area (Å²) in [5, 5.41) is 4.11. The van der Waals surface area contributed by atoms with E-state index in [1.807, 2.05) is 13.1 Å². The molecule has 1 N–H and O–H groups in total. The molecule has 0 radical (unpaired) electrons. The van der Waals surface area contributed by atoms with Crippen LogP contribution in [0.15, 0.2) is 18.2 Å². The highest BCUT2D eigenvalue weighted by molar-refractivity contribution is 6.30. The van der Waals surface area contributed by atoms with Gasteiger partial charge < -0.3 is 15.1 Å². The predicted octanol–water partition coefficient (Wildman–Crippen LogP) is 2.98. The zero-order chi connectivity index (χ0) is 14.8. The third-order valence-electron chi connectivity index (χ3n) is 5.10. The molecule has 0 spiro atoms. The number of nitrogens with zero attached hydrogens (tertiary/aromatic N) is 2. The van der Waals surface area contributed by atoms with E-state index in [9.17, 15) is 0 Å². The smallest absolute Gasteiger partial charge is 0.0426 e. The number of hydrogen-bond donors (Lipinski definition) is 1. The van der Waals surface area contributed by atoms with Gasteiger partial charge >= 0.3 is 0 Å². The Bertz CT molecular complexity index is 491. The van der Waals surface area contributed by atoms with Crippen LogP contribution >= 0.6 is 11.6 Å². The van der Waals surface area contributed by atoms with Crippen molar-refractivity contribution < 1.29 is 0 Å². The number of halogens is 1. The molecule has 2 fully saturated rings. The minimum atomic E-state index is 0.780. The quantitative estimate of drug-likeness (QED) is 0.926. The highest BCUT2D eigenvalue weighted by Gasteiger charge is 2.34. The van der Waals surface area contributed by atoms with Gasteiger partial charge in [-0.15, -0.1) is 0 Å². The van der Waals surface area contributed by atoms with Crippen LogP contribution < -0.4 is 10.2 Å². The van der Waals surface area contributed by atoms with Gasteiger partial charge in [0.15, 0.2) is 0 Å². The number of fused-ring (bicyclic) bond motifs is 1. The Labute approximate surface area is 133 Å². The molecule has 2 unspecified atom stereocenters. The Hall–Kier alpha value is -0.770. The molecule has 0 aromatic heterocycles. The van der Waals surface area contributed by atoms with Crippen LogP contribution in [-0.4, -0.2) is 44.7 Å². The summed E-state index contributed by atoms with van der Waals surface area (Å²) in [6, 6.07) is 7.08. The van der Waals surface area contributed by atoms with Crippen molar-refractivity contribution in [1.82, 2.24) is 10.2 Å². The molecule has 4 heteroatoms. The fourth-order valence-corrected chi connectivity index (χ4v) is 4.21. The lowest BCUT2D eigenvalue weighted by Crippen LogP contribution is -2.52. The van der Waals surface area contributed by atoms with Crippen molar-refractivity contribution in [2.45, 2.75) is 31.8 Å². The summed E-state index contributed by atoms with van der Waals surface area (Å²) >= 11 is 6.24. The van der Waals surface area contributed by atoms with Gasteiger partial charge in [0.2, 0.25) is 0 Å². The Balaban J connectivity index is 1.80. The maximum Gasteiger partial charge on any atom is 0.0426 e. The van der Waals surface area contributed by atoms with Crippen molar-refractivity contribution in [1.29, 1.82) is 0 Å². The molecule has 2 aliphatic heterocycles. The molecule has 0 aliphatic carbocycles. The normalized spacial score (nSPS) is 26.7. The number of rotatable bonds is 3. The first-order valence-electron chi connectivity index (χ1n) is 8.07. The van der Waals surface area contributed by atoms with Gasteiger partial charge in [-0.25, -0.2) is 0 Å². The van der Waals surface area contributed by atoms with Crippen LogP contribution in [0.4, 0.5) is 5.69 Å². The second kappa shape index (κ2) is 6.55. The number of benzene rings is 1. The van der Waals surface area contributed by atoms with E-state index >= 15 is 0 Å². The second-order valence-corrected chi connectivity index (χ2v) is 6.92. The lowest BCUT2D eigenvalue weighted by Gasteiger charge is -2.47. The summed E-state index contributed by atoms with van der Waals surface area (Å²) in [6.45, 7) is 4.48. The summed E-state index contributed by atoms with van der Waals surface area (Å²) < 4.78 is 0. The van der Waals surface area contributed by atoms with Gasteiger partial charge in [0.1, 0.15) is 0 Å². The van der Waals surface area contributed by atoms with Crippen LogP contribution in [0.25, 0.3) is 0 Å². The Morgan fingerprint density at radius 2 is 2.14 bits per heavy atom. The fourth-order valence-electron chi connectivity index (χ4n) is 4.04. The minimum absolute atomic E-state index is 0.780. The van der Waals surface area contributed by atoms with Crippen LogP contribution in [0.3, 0.4) is 0 Å². The molecular formula is C17H26ClN3. The third-order valence-corrected chi connectivity index (χ3v) is 5.34.